The van der Waals surface area contributed by atoms with Crippen molar-refractivity contribution in [1.29, 1.82) is 0 Å². The summed E-state index contributed by atoms with van der Waals surface area (Å²) >= 11 is 0. The smallest absolute Gasteiger partial charge is 0.465 e. The average Bonchev–Trinajstić information content (AvgIpc) is 2.29. The number of ether oxygens (including phenoxy) is 1. The van der Waals surface area contributed by atoms with Crippen LogP contribution in [-0.4, -0.2) is 30.2 Å². The summed E-state index contributed by atoms with van der Waals surface area (Å²) < 4.78 is 34.0. The van der Waals surface area contributed by atoms with Gasteiger partial charge in [-0.05, 0) is 11.5 Å². The Bertz CT molecular complexity index is 477. The molecule has 0 aliphatic heterocycles. The largest absolute Gasteiger partial charge is 0.489 e. The van der Waals surface area contributed by atoms with E-state index in [1.54, 1.807) is 0 Å². The van der Waals surface area contributed by atoms with Crippen LogP contribution in [0.4, 0.5) is 0 Å². The molecule has 1 aromatic carbocycles. The van der Waals surface area contributed by atoms with Gasteiger partial charge in [0.05, 0.1) is 18.2 Å². The van der Waals surface area contributed by atoms with E-state index in [0.717, 1.165) is 7.11 Å². The van der Waals surface area contributed by atoms with Gasteiger partial charge in [0.25, 0.3) is 0 Å². The highest BCUT2D eigenvalue weighted by molar-refractivity contribution is 6.60. The Labute approximate surface area is 81.5 Å². The van der Waals surface area contributed by atoms with Crippen LogP contribution in [0, 0.1) is 0 Å². The second kappa shape index (κ2) is 4.07. The van der Waals surface area contributed by atoms with Crippen LogP contribution >= 0.6 is 0 Å². The summed E-state index contributed by atoms with van der Waals surface area (Å²) in [4.78, 5) is 11.4. The van der Waals surface area contributed by atoms with Crippen molar-refractivity contribution >= 4 is 18.6 Å². The van der Waals surface area contributed by atoms with Gasteiger partial charge in [0.1, 0.15) is 0 Å². The Morgan fingerprint density at radius 3 is 2.69 bits per heavy atom. The predicted molar refractivity (Wildman–Crippen MR) is 47.6 cm³/mol. The third-order valence-corrected chi connectivity index (χ3v) is 1.36. The molecule has 2 N–H and O–H groups in total. The highest BCUT2D eigenvalue weighted by Crippen LogP contribution is 1.98. The molecule has 0 saturated heterocycles. The van der Waals surface area contributed by atoms with Crippen LogP contribution in [0.3, 0.4) is 0 Å². The molecule has 0 atom stereocenters. The summed E-state index contributed by atoms with van der Waals surface area (Å²) in [6.07, 6.45) is 0. The van der Waals surface area contributed by atoms with E-state index in [1.165, 1.54) is 0 Å². The van der Waals surface area contributed by atoms with Gasteiger partial charge in [-0.25, -0.2) is 4.79 Å². The van der Waals surface area contributed by atoms with Gasteiger partial charge in [0.2, 0.25) is 0 Å². The van der Waals surface area contributed by atoms with Gasteiger partial charge in [-0.3, -0.25) is 0 Å². The molecule has 0 radical (unpaired) electrons. The minimum Gasteiger partial charge on any atom is -0.465 e. The number of carbonyl (C=O) groups is 1. The molecule has 4 nitrogen and oxygen atoms in total. The Hall–Kier alpha value is -1.33. The van der Waals surface area contributed by atoms with E-state index < -0.39 is 48.3 Å². The van der Waals surface area contributed by atoms with Gasteiger partial charge in [0.15, 0.2) is 0 Å². The number of methoxy groups -OCH3 is 1. The second-order valence-corrected chi connectivity index (χ2v) is 2.15. The van der Waals surface area contributed by atoms with Crippen LogP contribution < -0.4 is 5.46 Å². The van der Waals surface area contributed by atoms with Crippen LogP contribution in [0.1, 0.15) is 15.8 Å². The zero-order valence-corrected chi connectivity index (χ0v) is 6.79. The number of benzene rings is 1. The lowest BCUT2D eigenvalue weighted by Gasteiger charge is -2.05. The molecule has 0 amide bonds. The number of rotatable bonds is 2. The van der Waals surface area contributed by atoms with Crippen LogP contribution in [0.15, 0.2) is 24.2 Å². The summed E-state index contributed by atoms with van der Waals surface area (Å²) in [7, 11) is -1.16. The van der Waals surface area contributed by atoms with Crippen molar-refractivity contribution < 1.29 is 25.1 Å². The molecular weight excluding hydrogens is 171 g/mol. The maximum Gasteiger partial charge on any atom is 0.489 e. The summed E-state index contributed by atoms with van der Waals surface area (Å²) in [5.74, 6) is -1.06. The molecule has 1 aromatic rings. The van der Waals surface area contributed by atoms with Crippen molar-refractivity contribution in [2.45, 2.75) is 0 Å². The molecular formula is C8H9BO4. The predicted octanol–water partition coefficient (Wildman–Crippen LogP) is -0.847. The highest BCUT2D eigenvalue weighted by atomic mass is 16.5. The average molecular weight is 184 g/mol. The Morgan fingerprint density at radius 1 is 1.54 bits per heavy atom. The third kappa shape index (κ3) is 2.08. The number of hydrogen-bond acceptors (Lipinski definition) is 4. The summed E-state index contributed by atoms with van der Waals surface area (Å²) in [5, 5.41) is 18.1. The molecule has 0 aliphatic carbocycles. The lowest BCUT2D eigenvalue weighted by Crippen LogP contribution is -2.34. The number of carbonyl (C=O) groups excluding carboxylic acids is 1. The molecule has 13 heavy (non-hydrogen) atoms. The molecule has 0 spiro atoms. The molecule has 0 heterocycles. The zero-order valence-electron chi connectivity index (χ0n) is 10.8. The van der Waals surface area contributed by atoms with Crippen molar-refractivity contribution in [2.75, 3.05) is 7.11 Å². The summed E-state index contributed by atoms with van der Waals surface area (Å²) in [5.41, 5.74) is -1.17. The van der Waals surface area contributed by atoms with E-state index in [-0.39, 0.29) is 0 Å². The minimum absolute atomic E-state index is 0.575. The fourth-order valence-electron chi connectivity index (χ4n) is 0.779. The summed E-state index contributed by atoms with van der Waals surface area (Å²) in [6.45, 7) is 0. The normalized spacial score (nSPS) is 13.8. The third-order valence-electron chi connectivity index (χ3n) is 1.36. The van der Waals surface area contributed by atoms with E-state index in [1.807, 2.05) is 0 Å². The fraction of sp³-hybridized carbons (Fsp3) is 0.125. The van der Waals surface area contributed by atoms with Gasteiger partial charge in [-0.15, -0.1) is 0 Å². The molecule has 0 fully saturated rings. The minimum atomic E-state index is -2.19. The van der Waals surface area contributed by atoms with Gasteiger partial charge < -0.3 is 14.8 Å². The topological polar surface area (TPSA) is 66.8 Å². The molecule has 0 aromatic heterocycles. The number of esters is 1. The first-order valence-corrected chi connectivity index (χ1v) is 3.37. The van der Waals surface area contributed by atoms with Gasteiger partial charge in [0, 0.05) is 0 Å². The van der Waals surface area contributed by atoms with Crippen molar-refractivity contribution in [3.05, 3.63) is 29.7 Å². The SMILES string of the molecule is [2H]c1c([2H])c([2H])c(C(=O)OC)c(B(O)O)c1[2H]. The van der Waals surface area contributed by atoms with Crippen molar-refractivity contribution in [1.82, 2.24) is 0 Å². The molecule has 1 rings (SSSR count). The molecule has 0 bridgehead atoms. The molecule has 68 valence electrons. The lowest BCUT2D eigenvalue weighted by atomic mass is 9.77. The Kier molecular flexibility index (Phi) is 1.69. The zero-order chi connectivity index (χ0) is 13.3. The van der Waals surface area contributed by atoms with E-state index in [4.69, 9.17) is 15.5 Å². The highest BCUT2D eigenvalue weighted by Gasteiger charge is 2.19. The fourth-order valence-corrected chi connectivity index (χ4v) is 0.779. The first-order chi connectivity index (χ1) is 7.82. The monoisotopic (exact) mass is 184 g/mol. The van der Waals surface area contributed by atoms with E-state index in [2.05, 4.69) is 4.74 Å². The van der Waals surface area contributed by atoms with Crippen LogP contribution in [0.5, 0.6) is 0 Å². The van der Waals surface area contributed by atoms with E-state index in [0.29, 0.717) is 0 Å². The molecule has 5 heteroatoms. The lowest BCUT2D eigenvalue weighted by molar-refractivity contribution is 0.0601. The molecule has 0 aliphatic rings. The summed E-state index contributed by atoms with van der Waals surface area (Å²) in [6, 6.07) is -2.63. The van der Waals surface area contributed by atoms with Crippen LogP contribution in [-0.2, 0) is 4.74 Å². The molecule has 0 unspecified atom stereocenters. The quantitative estimate of drug-likeness (QED) is 0.464. The van der Waals surface area contributed by atoms with Gasteiger partial charge in [-0.1, -0.05) is 18.1 Å². The van der Waals surface area contributed by atoms with Crippen molar-refractivity contribution in [3.8, 4) is 0 Å². The van der Waals surface area contributed by atoms with Crippen LogP contribution in [0.2, 0.25) is 0 Å². The van der Waals surface area contributed by atoms with Crippen molar-refractivity contribution in [3.63, 3.8) is 0 Å². The Morgan fingerprint density at radius 2 is 2.15 bits per heavy atom. The maximum atomic E-state index is 11.4. The standard InChI is InChI=1S/C8H9BO4/c1-13-8(10)6-4-2-3-5-7(6)9(11)12/h2-5,11-12H,1H3/i2D,3D,4D,5D. The maximum absolute atomic E-state index is 11.4. The first-order valence-electron chi connectivity index (χ1n) is 5.37. The van der Waals surface area contributed by atoms with E-state index >= 15 is 0 Å². The van der Waals surface area contributed by atoms with E-state index in [9.17, 15) is 4.79 Å². The molecule has 0 saturated carbocycles. The Balaban J connectivity index is 3.72. The van der Waals surface area contributed by atoms with Gasteiger partial charge in [-0.2, -0.15) is 0 Å². The second-order valence-electron chi connectivity index (χ2n) is 2.15. The van der Waals surface area contributed by atoms with Crippen molar-refractivity contribution in [2.24, 2.45) is 0 Å². The number of hydrogen-bond donors (Lipinski definition) is 2. The van der Waals surface area contributed by atoms with Crippen LogP contribution in [0.25, 0.3) is 0 Å². The van der Waals surface area contributed by atoms with Gasteiger partial charge >= 0.3 is 13.1 Å². The first kappa shape index (κ1) is 5.41.